The van der Waals surface area contributed by atoms with E-state index in [4.69, 9.17) is 0 Å². The molecular weight excluding hydrogens is 850 g/mol. The quantitative estimate of drug-likeness (QED) is 0.177. The van der Waals surface area contributed by atoms with Gasteiger partial charge in [-0.2, -0.15) is 0 Å². The third-order valence-electron chi connectivity index (χ3n) is 10.9. The number of hydrogen-bond acceptors (Lipinski definition) is 1. The average molecular weight is 933 g/mol. The molecule has 0 atom stereocenters. The van der Waals surface area contributed by atoms with E-state index in [9.17, 15) is 1.41 Å². The second kappa shape index (κ2) is 12.3. The molecule has 0 aromatic heterocycles. The molecular formula is C31H82OSi8Sn2. The van der Waals surface area contributed by atoms with E-state index in [0.29, 0.717) is 1.45 Å². The molecule has 1 nitrogen and oxygen atoms in total. The molecule has 1 heterocycles. The molecule has 1 saturated heterocycles. The van der Waals surface area contributed by atoms with E-state index in [1.165, 1.54) is 0 Å². The summed E-state index contributed by atoms with van der Waals surface area (Å²) in [5, 5.41) is 0. The van der Waals surface area contributed by atoms with Gasteiger partial charge in [-0.1, -0.05) is 0 Å². The molecule has 1 rings (SSSR count). The molecule has 1 aliphatic heterocycles. The van der Waals surface area contributed by atoms with Crippen molar-refractivity contribution in [2.24, 2.45) is 0 Å². The number of rotatable bonds is 12. The Labute approximate surface area is 285 Å². The third kappa shape index (κ3) is 7.85. The summed E-state index contributed by atoms with van der Waals surface area (Å²) in [5.41, 5.74) is 0. The van der Waals surface area contributed by atoms with Crippen LogP contribution in [0.15, 0.2) is 0 Å². The van der Waals surface area contributed by atoms with Crippen LogP contribution >= 0.6 is 0 Å². The van der Waals surface area contributed by atoms with Crippen molar-refractivity contribution in [1.82, 2.24) is 0 Å². The van der Waals surface area contributed by atoms with Gasteiger partial charge in [0.25, 0.3) is 0 Å². The molecule has 0 bridgehead atoms. The van der Waals surface area contributed by atoms with Crippen molar-refractivity contribution in [3.05, 3.63) is 0 Å². The molecule has 0 N–H and O–H groups in total. The van der Waals surface area contributed by atoms with Gasteiger partial charge in [0.2, 0.25) is 0 Å². The Hall–Kier alpha value is 3.29. The van der Waals surface area contributed by atoms with Crippen LogP contribution in [0, 0.1) is 0 Å². The second-order valence-corrected chi connectivity index (χ2v) is 113. The monoisotopic (exact) mass is 934 g/mol. The van der Waals surface area contributed by atoms with Gasteiger partial charge < -0.3 is 0 Å². The Balaban J connectivity index is 4.78. The van der Waals surface area contributed by atoms with Crippen LogP contribution in [0.1, 0.15) is 13.8 Å². The molecule has 0 unspecified atom stereocenters. The fourth-order valence-electron chi connectivity index (χ4n) is 13.1. The molecule has 0 aromatic rings. The molecule has 252 valence electrons. The maximum atomic E-state index is 9.29. The average Bonchev–Trinajstić information content (AvgIpc) is 2.50. The fraction of sp³-hybridized carbons (Fsp3) is 1.00. The van der Waals surface area contributed by atoms with Gasteiger partial charge in [-0.25, -0.2) is 0 Å². The van der Waals surface area contributed by atoms with E-state index in [-0.39, 0.29) is 0 Å². The Morgan fingerprint density at radius 2 is 0.429 bits per heavy atom. The molecule has 0 amide bonds. The number of hydrogen-bond donors (Lipinski definition) is 0. The van der Waals surface area contributed by atoms with E-state index < -0.39 is 102 Å². The van der Waals surface area contributed by atoms with Crippen LogP contribution in [-0.4, -0.2) is 102 Å². The van der Waals surface area contributed by atoms with E-state index in [0.717, 1.165) is 12.7 Å². The Morgan fingerprint density at radius 3 is 0.500 bits per heavy atom. The van der Waals surface area contributed by atoms with Crippen molar-refractivity contribution in [1.29, 1.82) is 0 Å². The summed E-state index contributed by atoms with van der Waals surface area (Å²) in [6.07, 6.45) is 0. The Kier molecular flexibility index (Phi) is 12.6. The van der Waals surface area contributed by atoms with Crippen LogP contribution in [0.3, 0.4) is 0 Å². The predicted octanol–water partition coefficient (Wildman–Crippen LogP) is 12.7. The second-order valence-electron chi connectivity index (χ2n) is 24.0. The van der Waals surface area contributed by atoms with E-state index >= 15 is 0 Å². The predicted molar refractivity (Wildman–Crippen MR) is 228 cm³/mol. The zero-order valence-corrected chi connectivity index (χ0v) is 47.9. The summed E-state index contributed by atoms with van der Waals surface area (Å²) in [7, 11) is -12.0. The summed E-state index contributed by atoms with van der Waals surface area (Å²) >= 11 is -6.79. The van der Waals surface area contributed by atoms with Crippen LogP contribution in [0.5, 0.6) is 0 Å². The van der Waals surface area contributed by atoms with Gasteiger partial charge in [0.15, 0.2) is 0 Å². The molecule has 1 fully saturated rings. The van der Waals surface area contributed by atoms with Crippen molar-refractivity contribution >= 4 is 102 Å². The van der Waals surface area contributed by atoms with Gasteiger partial charge in [0, 0.05) is 0 Å². The van der Waals surface area contributed by atoms with Gasteiger partial charge in [-0.05, 0) is 0 Å². The van der Waals surface area contributed by atoms with Crippen LogP contribution in [0.4, 0.5) is 0 Å². The van der Waals surface area contributed by atoms with Gasteiger partial charge in [0.05, 0.1) is 0 Å². The summed E-state index contributed by atoms with van der Waals surface area (Å²) in [5.74, 6) is 0. The van der Waals surface area contributed by atoms with Crippen molar-refractivity contribution in [3.8, 4) is 0 Å². The minimum absolute atomic E-state index is 0.566. The van der Waals surface area contributed by atoms with E-state index in [2.05, 4.69) is 171 Å². The van der Waals surface area contributed by atoms with Crippen molar-refractivity contribution < 1.29 is 1.41 Å². The molecule has 0 saturated carbocycles. The van der Waals surface area contributed by atoms with E-state index in [1.54, 1.807) is 0 Å². The standard InChI is InChI=1S/4C7H19Si2.C3H6.O.2Sn/c4*1-8(2,3)7-9(4,5)6;1-3-2;;;/h4*7H,1-6H3;1-2H3;;;. The van der Waals surface area contributed by atoms with Crippen molar-refractivity contribution in [2.45, 2.75) is 185 Å². The summed E-state index contributed by atoms with van der Waals surface area (Å²) < 4.78 is 13.9. The summed E-state index contributed by atoms with van der Waals surface area (Å²) in [6, 6.07) is 0. The fourth-order valence-corrected chi connectivity index (χ4v) is 300. The molecule has 0 spiro atoms. The van der Waals surface area contributed by atoms with Crippen LogP contribution in [-0.2, 0) is 1.41 Å². The van der Waals surface area contributed by atoms with Crippen LogP contribution in [0.25, 0.3) is 0 Å². The normalized spacial score (nSPS) is 21.0. The molecule has 0 radical (unpaired) electrons. The van der Waals surface area contributed by atoms with Gasteiger partial charge in [-0.15, -0.1) is 0 Å². The first kappa shape index (κ1) is 43.3. The first-order valence-electron chi connectivity index (χ1n) is 17.4. The summed E-state index contributed by atoms with van der Waals surface area (Å²) in [4.78, 5) is 0. The molecule has 1 aliphatic rings. The third-order valence-corrected chi connectivity index (χ3v) is 179. The Bertz CT molecular complexity index is 763. The molecule has 11 heteroatoms. The first-order chi connectivity index (χ1) is 17.7. The van der Waals surface area contributed by atoms with Crippen LogP contribution < -0.4 is 0 Å². The minimum atomic E-state index is -3.40. The van der Waals surface area contributed by atoms with Crippen LogP contribution in [0.2, 0.25) is 171 Å². The van der Waals surface area contributed by atoms with Crippen molar-refractivity contribution in [3.63, 3.8) is 0 Å². The zero-order chi connectivity index (χ0) is 34.5. The molecule has 0 aliphatic carbocycles. The Morgan fingerprint density at radius 1 is 0.310 bits per heavy atom. The van der Waals surface area contributed by atoms with Gasteiger partial charge >= 0.3 is 289 Å². The van der Waals surface area contributed by atoms with Gasteiger partial charge in [-0.3, -0.25) is 0 Å². The van der Waals surface area contributed by atoms with Crippen molar-refractivity contribution in [2.75, 3.05) is 0 Å². The SMILES string of the molecule is C[C]1(C)[Sn]([CH]([Si](C)(C)C)[Si](C)(C)C)([CH]([Si](C)(C)C)[Si](C)(C)C)[O][Sn]1([CH]([Si](C)(C)C)[Si](C)(C)C)[CH]([Si](C)(C)C)[Si](C)(C)C. The zero-order valence-electron chi connectivity index (χ0n) is 34.2. The van der Waals surface area contributed by atoms with Gasteiger partial charge in [0.1, 0.15) is 0 Å². The topological polar surface area (TPSA) is 9.23 Å². The summed E-state index contributed by atoms with van der Waals surface area (Å²) in [6.45, 7) is 73.3. The molecule has 0 aromatic carbocycles. The molecule has 42 heavy (non-hydrogen) atoms. The maximum absolute atomic E-state index is 9.29. The first-order valence-corrected chi connectivity index (χ1v) is 57.8. The van der Waals surface area contributed by atoms with E-state index in [1.807, 2.05) is 0 Å².